The molecule has 4 nitrogen and oxygen atoms in total. The SMILES string of the molecule is CCN[C@@H]1CC[C@H](NC(=O)OC(C)(C)C)C1. The number of amides is 1. The number of carbonyl (C=O) groups is 1. The summed E-state index contributed by atoms with van der Waals surface area (Å²) in [5.74, 6) is 0. The summed E-state index contributed by atoms with van der Waals surface area (Å²) in [6, 6.07) is 0.809. The van der Waals surface area contributed by atoms with Gasteiger partial charge in [-0.2, -0.15) is 0 Å². The molecule has 0 aliphatic heterocycles. The van der Waals surface area contributed by atoms with Crippen LogP contribution in [0.2, 0.25) is 0 Å². The highest BCUT2D eigenvalue weighted by molar-refractivity contribution is 5.68. The molecule has 1 fully saturated rings. The predicted molar refractivity (Wildman–Crippen MR) is 64.5 cm³/mol. The van der Waals surface area contributed by atoms with Gasteiger partial charge in [-0.1, -0.05) is 6.92 Å². The lowest BCUT2D eigenvalue weighted by atomic mass is 10.2. The maximum atomic E-state index is 11.5. The van der Waals surface area contributed by atoms with Gasteiger partial charge in [-0.3, -0.25) is 0 Å². The van der Waals surface area contributed by atoms with Gasteiger partial charge in [-0.05, 0) is 46.6 Å². The van der Waals surface area contributed by atoms with Gasteiger partial charge >= 0.3 is 6.09 Å². The van der Waals surface area contributed by atoms with Crippen LogP contribution in [0.1, 0.15) is 47.0 Å². The van der Waals surface area contributed by atoms with E-state index in [1.165, 1.54) is 0 Å². The third kappa shape index (κ3) is 4.84. The second kappa shape index (κ2) is 5.53. The van der Waals surface area contributed by atoms with Crippen molar-refractivity contribution >= 4 is 6.09 Å². The molecule has 16 heavy (non-hydrogen) atoms. The van der Waals surface area contributed by atoms with Crippen molar-refractivity contribution in [3.05, 3.63) is 0 Å². The second-order valence-corrected chi connectivity index (χ2v) is 5.41. The number of hydrogen-bond acceptors (Lipinski definition) is 3. The first-order valence-corrected chi connectivity index (χ1v) is 6.13. The highest BCUT2D eigenvalue weighted by atomic mass is 16.6. The van der Waals surface area contributed by atoms with Crippen molar-refractivity contribution in [3.8, 4) is 0 Å². The monoisotopic (exact) mass is 228 g/mol. The summed E-state index contributed by atoms with van der Waals surface area (Å²) in [6.07, 6.45) is 2.88. The molecule has 4 heteroatoms. The fraction of sp³-hybridized carbons (Fsp3) is 0.917. The molecule has 0 aromatic rings. The average Bonchev–Trinajstić information content (AvgIpc) is 2.49. The molecule has 0 saturated heterocycles. The fourth-order valence-corrected chi connectivity index (χ4v) is 2.06. The predicted octanol–water partition coefficient (Wildman–Crippen LogP) is 2.04. The van der Waals surface area contributed by atoms with Crippen LogP contribution in [0.15, 0.2) is 0 Å². The van der Waals surface area contributed by atoms with E-state index in [1.54, 1.807) is 0 Å². The zero-order valence-electron chi connectivity index (χ0n) is 10.8. The maximum absolute atomic E-state index is 11.5. The molecule has 0 aromatic carbocycles. The Balaban J connectivity index is 2.26. The van der Waals surface area contributed by atoms with Crippen LogP contribution in [0.3, 0.4) is 0 Å². The summed E-state index contributed by atoms with van der Waals surface area (Å²) >= 11 is 0. The van der Waals surface area contributed by atoms with Crippen molar-refractivity contribution in [2.75, 3.05) is 6.54 Å². The highest BCUT2D eigenvalue weighted by Gasteiger charge is 2.26. The lowest BCUT2D eigenvalue weighted by molar-refractivity contribution is 0.0505. The van der Waals surface area contributed by atoms with Crippen LogP contribution >= 0.6 is 0 Å². The van der Waals surface area contributed by atoms with Gasteiger partial charge in [0.2, 0.25) is 0 Å². The molecular formula is C12H24N2O2. The van der Waals surface area contributed by atoms with Gasteiger partial charge in [0.15, 0.2) is 0 Å². The van der Waals surface area contributed by atoms with Gasteiger partial charge in [-0.15, -0.1) is 0 Å². The Labute approximate surface area is 98.1 Å². The Kier molecular flexibility index (Phi) is 4.59. The Bertz CT molecular complexity index is 236. The molecular weight excluding hydrogens is 204 g/mol. The Morgan fingerprint density at radius 3 is 2.50 bits per heavy atom. The molecule has 0 bridgehead atoms. The van der Waals surface area contributed by atoms with Crippen molar-refractivity contribution < 1.29 is 9.53 Å². The summed E-state index contributed by atoms with van der Waals surface area (Å²) in [7, 11) is 0. The zero-order valence-corrected chi connectivity index (χ0v) is 10.8. The molecule has 0 unspecified atom stereocenters. The van der Waals surface area contributed by atoms with E-state index < -0.39 is 5.60 Å². The Hall–Kier alpha value is -0.770. The van der Waals surface area contributed by atoms with E-state index in [0.29, 0.717) is 6.04 Å². The van der Waals surface area contributed by atoms with Gasteiger partial charge in [0.05, 0.1) is 0 Å². The third-order valence-corrected chi connectivity index (χ3v) is 2.65. The number of carbonyl (C=O) groups excluding carboxylic acids is 1. The van der Waals surface area contributed by atoms with Crippen LogP contribution in [-0.4, -0.2) is 30.3 Å². The Morgan fingerprint density at radius 2 is 1.94 bits per heavy atom. The summed E-state index contributed by atoms with van der Waals surface area (Å²) in [5, 5.41) is 6.33. The lowest BCUT2D eigenvalue weighted by Gasteiger charge is -2.21. The maximum Gasteiger partial charge on any atom is 0.407 e. The van der Waals surface area contributed by atoms with E-state index in [0.717, 1.165) is 25.8 Å². The molecule has 0 aromatic heterocycles. The largest absolute Gasteiger partial charge is 0.444 e. The molecule has 1 rings (SSSR count). The first kappa shape index (κ1) is 13.3. The number of nitrogens with one attached hydrogen (secondary N) is 2. The normalized spacial score (nSPS) is 25.5. The highest BCUT2D eigenvalue weighted by Crippen LogP contribution is 2.19. The molecule has 0 heterocycles. The van der Waals surface area contributed by atoms with Crippen LogP contribution in [0, 0.1) is 0 Å². The minimum atomic E-state index is -0.413. The average molecular weight is 228 g/mol. The molecule has 0 radical (unpaired) electrons. The van der Waals surface area contributed by atoms with Crippen molar-refractivity contribution in [1.29, 1.82) is 0 Å². The number of alkyl carbamates (subject to hydrolysis) is 1. The number of hydrogen-bond donors (Lipinski definition) is 2. The van der Waals surface area contributed by atoms with Gasteiger partial charge < -0.3 is 15.4 Å². The van der Waals surface area contributed by atoms with Gasteiger partial charge in [0.1, 0.15) is 5.60 Å². The molecule has 2 atom stereocenters. The summed E-state index contributed by atoms with van der Waals surface area (Å²) in [4.78, 5) is 11.5. The van der Waals surface area contributed by atoms with Crippen molar-refractivity contribution in [1.82, 2.24) is 10.6 Å². The van der Waals surface area contributed by atoms with Crippen LogP contribution < -0.4 is 10.6 Å². The van der Waals surface area contributed by atoms with Crippen LogP contribution in [-0.2, 0) is 4.74 Å². The van der Waals surface area contributed by atoms with Gasteiger partial charge in [-0.25, -0.2) is 4.79 Å². The topological polar surface area (TPSA) is 50.4 Å². The molecule has 0 spiro atoms. The van der Waals surface area contributed by atoms with E-state index in [2.05, 4.69) is 17.6 Å². The molecule has 1 saturated carbocycles. The Morgan fingerprint density at radius 1 is 1.31 bits per heavy atom. The lowest BCUT2D eigenvalue weighted by Crippen LogP contribution is -2.39. The van der Waals surface area contributed by atoms with Crippen LogP contribution in [0.5, 0.6) is 0 Å². The quantitative estimate of drug-likeness (QED) is 0.777. The number of ether oxygens (including phenoxy) is 1. The molecule has 1 amide bonds. The van der Waals surface area contributed by atoms with E-state index >= 15 is 0 Å². The molecule has 1 aliphatic rings. The van der Waals surface area contributed by atoms with E-state index in [4.69, 9.17) is 4.74 Å². The number of rotatable bonds is 3. The third-order valence-electron chi connectivity index (χ3n) is 2.65. The summed E-state index contributed by atoms with van der Waals surface area (Å²) < 4.78 is 5.22. The first-order chi connectivity index (χ1) is 7.40. The van der Waals surface area contributed by atoms with E-state index in [-0.39, 0.29) is 12.1 Å². The first-order valence-electron chi connectivity index (χ1n) is 6.13. The zero-order chi connectivity index (χ0) is 12.2. The summed E-state index contributed by atoms with van der Waals surface area (Å²) in [5.41, 5.74) is -0.413. The molecule has 1 aliphatic carbocycles. The molecule has 94 valence electrons. The van der Waals surface area contributed by atoms with Crippen molar-refractivity contribution in [3.63, 3.8) is 0 Å². The minimum absolute atomic E-state index is 0.263. The van der Waals surface area contributed by atoms with E-state index in [9.17, 15) is 4.79 Å². The second-order valence-electron chi connectivity index (χ2n) is 5.41. The van der Waals surface area contributed by atoms with Crippen molar-refractivity contribution in [2.45, 2.75) is 64.6 Å². The molecule has 2 N–H and O–H groups in total. The van der Waals surface area contributed by atoms with E-state index in [1.807, 2.05) is 20.8 Å². The van der Waals surface area contributed by atoms with Crippen molar-refractivity contribution in [2.24, 2.45) is 0 Å². The van der Waals surface area contributed by atoms with Gasteiger partial charge in [0, 0.05) is 12.1 Å². The standard InChI is InChI=1S/C12H24N2O2/c1-5-13-9-6-7-10(8-9)14-11(15)16-12(2,3)4/h9-10,13H,5-8H2,1-4H3,(H,14,15)/t9-,10+/m1/s1. The van der Waals surface area contributed by atoms with Crippen LogP contribution in [0.25, 0.3) is 0 Å². The van der Waals surface area contributed by atoms with Gasteiger partial charge in [0.25, 0.3) is 0 Å². The fourth-order valence-electron chi connectivity index (χ4n) is 2.06. The smallest absolute Gasteiger partial charge is 0.407 e. The minimum Gasteiger partial charge on any atom is -0.444 e. The summed E-state index contributed by atoms with van der Waals surface area (Å²) in [6.45, 7) is 8.73. The van der Waals surface area contributed by atoms with Crippen LogP contribution in [0.4, 0.5) is 4.79 Å².